The van der Waals surface area contributed by atoms with Gasteiger partial charge in [0.15, 0.2) is 5.16 Å². The maximum Gasteiger partial charge on any atom is 0.169 e. The lowest BCUT2D eigenvalue weighted by Crippen LogP contribution is -2.27. The first-order chi connectivity index (χ1) is 11.7. The molecule has 0 radical (unpaired) electrons. The molecule has 0 spiro atoms. The van der Waals surface area contributed by atoms with Crippen molar-refractivity contribution in [3.63, 3.8) is 0 Å². The molecule has 1 aromatic carbocycles. The minimum absolute atomic E-state index is 1.01. The Balaban J connectivity index is 2.11. The van der Waals surface area contributed by atoms with Gasteiger partial charge in [-0.05, 0) is 38.3 Å². The van der Waals surface area contributed by atoms with Gasteiger partial charge in [0.25, 0.3) is 0 Å². The molecule has 0 saturated heterocycles. The predicted molar refractivity (Wildman–Crippen MR) is 106 cm³/mol. The molecule has 0 aliphatic carbocycles. The minimum atomic E-state index is 1.01. The quantitative estimate of drug-likeness (QED) is 0.576. The fourth-order valence-electron chi connectivity index (χ4n) is 2.97. The number of nitrogens with zero attached hydrogens (tertiary/aromatic N) is 4. The van der Waals surface area contributed by atoms with E-state index in [1.165, 1.54) is 5.52 Å². The number of para-hydroxylation sites is 2. The molecule has 0 amide bonds. The average Bonchev–Trinajstić information content (AvgIpc) is 2.97. The van der Waals surface area contributed by atoms with Crippen LogP contribution in [0.25, 0.3) is 11.0 Å². The van der Waals surface area contributed by atoms with Crippen LogP contribution in [0.5, 0.6) is 0 Å². The van der Waals surface area contributed by atoms with Crippen LogP contribution in [0.15, 0.2) is 29.4 Å². The van der Waals surface area contributed by atoms with Crippen molar-refractivity contribution >= 4 is 22.8 Å². The Morgan fingerprint density at radius 2 is 1.54 bits per heavy atom. The van der Waals surface area contributed by atoms with Gasteiger partial charge >= 0.3 is 0 Å². The van der Waals surface area contributed by atoms with Gasteiger partial charge in [-0.3, -0.25) is 0 Å². The van der Waals surface area contributed by atoms with Gasteiger partial charge in [-0.1, -0.05) is 51.6 Å². The summed E-state index contributed by atoms with van der Waals surface area (Å²) in [5, 5.41) is 1.16. The van der Waals surface area contributed by atoms with E-state index < -0.39 is 0 Å². The number of rotatable bonds is 11. The Kier molecular flexibility index (Phi) is 8.09. The number of hydrogen-bond acceptors (Lipinski definition) is 4. The monoisotopic (exact) mass is 348 g/mol. The van der Waals surface area contributed by atoms with Gasteiger partial charge in [0.1, 0.15) is 0 Å². The maximum absolute atomic E-state index is 4.88. The van der Waals surface area contributed by atoms with Gasteiger partial charge in [-0.15, -0.1) is 0 Å². The molecule has 2 aromatic rings. The van der Waals surface area contributed by atoms with Crippen LogP contribution in [-0.2, 0) is 6.54 Å². The molecule has 0 atom stereocenters. The molecule has 0 unspecified atom stereocenters. The summed E-state index contributed by atoms with van der Waals surface area (Å²) in [4.78, 5) is 9.82. The standard InChI is InChI=1S/C19H32N4S/c1-5-21(6-2)13-14-23-18-12-10-9-11-17(18)20-19(23)24-16-15-22(7-3)8-4/h9-12H,5-8,13-16H2,1-4H3. The molecular weight excluding hydrogens is 316 g/mol. The summed E-state index contributed by atoms with van der Waals surface area (Å²) in [5.41, 5.74) is 2.37. The third-order valence-electron chi connectivity index (χ3n) is 4.69. The van der Waals surface area contributed by atoms with E-state index in [1.807, 2.05) is 11.8 Å². The summed E-state index contributed by atoms with van der Waals surface area (Å²) >= 11 is 1.89. The number of fused-ring (bicyclic) bond motifs is 1. The third-order valence-corrected chi connectivity index (χ3v) is 5.64. The third kappa shape index (κ3) is 4.98. The molecule has 1 heterocycles. The molecule has 1 aromatic heterocycles. The summed E-state index contributed by atoms with van der Waals surface area (Å²) in [5.74, 6) is 1.09. The van der Waals surface area contributed by atoms with Gasteiger partial charge in [-0.25, -0.2) is 4.98 Å². The molecule has 0 saturated carbocycles. The van der Waals surface area contributed by atoms with Crippen LogP contribution in [0.2, 0.25) is 0 Å². The molecule has 0 bridgehead atoms. The molecule has 5 heteroatoms. The number of benzene rings is 1. The molecule has 0 aliphatic rings. The van der Waals surface area contributed by atoms with Crippen molar-refractivity contribution in [3.05, 3.63) is 24.3 Å². The second kappa shape index (κ2) is 10.1. The van der Waals surface area contributed by atoms with Crippen LogP contribution in [0.3, 0.4) is 0 Å². The zero-order valence-electron chi connectivity index (χ0n) is 15.7. The second-order valence-electron chi connectivity index (χ2n) is 5.94. The smallest absolute Gasteiger partial charge is 0.169 e. The molecule has 0 aliphatic heterocycles. The maximum atomic E-state index is 4.88. The lowest BCUT2D eigenvalue weighted by Gasteiger charge is -2.20. The zero-order valence-corrected chi connectivity index (χ0v) is 16.5. The van der Waals surface area contributed by atoms with E-state index in [1.54, 1.807) is 0 Å². The van der Waals surface area contributed by atoms with Crippen molar-refractivity contribution in [2.24, 2.45) is 0 Å². The van der Waals surface area contributed by atoms with Crippen molar-refractivity contribution in [1.29, 1.82) is 0 Å². The predicted octanol–water partition coefficient (Wildman–Crippen LogP) is 3.81. The van der Waals surface area contributed by atoms with Crippen molar-refractivity contribution in [2.75, 3.05) is 45.0 Å². The Labute approximate surface area is 151 Å². The SMILES string of the molecule is CCN(CC)CCSc1nc2ccccc2n1CCN(CC)CC. The van der Waals surface area contributed by atoms with Gasteiger partial charge in [0.05, 0.1) is 11.0 Å². The van der Waals surface area contributed by atoms with Crippen molar-refractivity contribution in [3.8, 4) is 0 Å². The summed E-state index contributed by atoms with van der Waals surface area (Å²) in [6, 6.07) is 8.51. The fourth-order valence-corrected chi connectivity index (χ4v) is 4.01. The molecule has 0 fully saturated rings. The van der Waals surface area contributed by atoms with E-state index >= 15 is 0 Å². The first kappa shape index (κ1) is 19.3. The second-order valence-corrected chi connectivity index (χ2v) is 7.00. The molecule has 4 nitrogen and oxygen atoms in total. The number of hydrogen-bond donors (Lipinski definition) is 0. The van der Waals surface area contributed by atoms with Gasteiger partial charge in [0, 0.05) is 25.4 Å². The van der Waals surface area contributed by atoms with E-state index in [0.29, 0.717) is 0 Å². The summed E-state index contributed by atoms with van der Waals surface area (Å²) < 4.78 is 2.40. The molecular formula is C19H32N4S. The zero-order chi connectivity index (χ0) is 17.4. The van der Waals surface area contributed by atoms with E-state index in [4.69, 9.17) is 4.98 Å². The number of aromatic nitrogens is 2. The van der Waals surface area contributed by atoms with E-state index in [-0.39, 0.29) is 0 Å². The van der Waals surface area contributed by atoms with Crippen LogP contribution in [0.1, 0.15) is 27.7 Å². The number of imidazole rings is 1. The largest absolute Gasteiger partial charge is 0.318 e. The summed E-state index contributed by atoms with van der Waals surface area (Å²) in [6.45, 7) is 16.6. The van der Waals surface area contributed by atoms with Crippen LogP contribution in [-0.4, -0.2) is 64.4 Å². The van der Waals surface area contributed by atoms with Gasteiger partial charge in [-0.2, -0.15) is 0 Å². The van der Waals surface area contributed by atoms with Crippen molar-refractivity contribution in [1.82, 2.24) is 19.4 Å². The molecule has 2 rings (SSSR count). The van der Waals surface area contributed by atoms with E-state index in [0.717, 1.165) is 62.2 Å². The lowest BCUT2D eigenvalue weighted by atomic mass is 10.3. The highest BCUT2D eigenvalue weighted by atomic mass is 32.2. The van der Waals surface area contributed by atoms with Crippen LogP contribution in [0.4, 0.5) is 0 Å². The normalized spacial score (nSPS) is 11.9. The molecule has 0 N–H and O–H groups in total. The highest BCUT2D eigenvalue weighted by Crippen LogP contribution is 2.24. The van der Waals surface area contributed by atoms with Crippen molar-refractivity contribution < 1.29 is 0 Å². The average molecular weight is 349 g/mol. The minimum Gasteiger partial charge on any atom is -0.318 e. The highest BCUT2D eigenvalue weighted by molar-refractivity contribution is 7.99. The fraction of sp³-hybridized carbons (Fsp3) is 0.632. The lowest BCUT2D eigenvalue weighted by molar-refractivity contribution is 0.288. The Morgan fingerprint density at radius 1 is 0.917 bits per heavy atom. The number of likely N-dealkylation sites (N-methyl/N-ethyl adjacent to an activating group) is 1. The topological polar surface area (TPSA) is 24.3 Å². The first-order valence-corrected chi connectivity index (χ1v) is 10.2. The van der Waals surface area contributed by atoms with E-state index in [9.17, 15) is 0 Å². The molecule has 134 valence electrons. The number of thioether (sulfide) groups is 1. The van der Waals surface area contributed by atoms with Crippen LogP contribution in [0, 0.1) is 0 Å². The van der Waals surface area contributed by atoms with Crippen LogP contribution < -0.4 is 0 Å². The van der Waals surface area contributed by atoms with Crippen molar-refractivity contribution in [2.45, 2.75) is 39.4 Å². The summed E-state index contributed by atoms with van der Waals surface area (Å²) in [6.07, 6.45) is 0. The van der Waals surface area contributed by atoms with Gasteiger partial charge in [0.2, 0.25) is 0 Å². The summed E-state index contributed by atoms with van der Waals surface area (Å²) in [7, 11) is 0. The highest BCUT2D eigenvalue weighted by Gasteiger charge is 2.12. The van der Waals surface area contributed by atoms with Crippen LogP contribution >= 0.6 is 11.8 Å². The Hall–Kier alpha value is -1.04. The van der Waals surface area contributed by atoms with Gasteiger partial charge < -0.3 is 14.4 Å². The molecule has 24 heavy (non-hydrogen) atoms. The first-order valence-electron chi connectivity index (χ1n) is 9.26. The Bertz CT molecular complexity index is 602. The Morgan fingerprint density at radius 3 is 2.21 bits per heavy atom. The van der Waals surface area contributed by atoms with E-state index in [2.05, 4.69) is 66.3 Å².